The van der Waals surface area contributed by atoms with Crippen LogP contribution in [0.25, 0.3) is 0 Å². The second-order valence-corrected chi connectivity index (χ2v) is 6.41. The molecule has 1 aromatic rings. The first-order chi connectivity index (χ1) is 9.77. The van der Waals surface area contributed by atoms with E-state index in [0.717, 1.165) is 18.8 Å². The smallest absolute Gasteiger partial charge is 0.241 e. The summed E-state index contributed by atoms with van der Waals surface area (Å²) in [5, 5.41) is 2.92. The molecular weight excluding hydrogens is 266 g/mol. The maximum absolute atomic E-state index is 12.4. The van der Waals surface area contributed by atoms with Crippen LogP contribution in [0, 0.1) is 0 Å². The van der Waals surface area contributed by atoms with Crippen LogP contribution >= 0.6 is 0 Å². The molecule has 5 nitrogen and oxygen atoms in total. The van der Waals surface area contributed by atoms with E-state index in [1.165, 1.54) is 0 Å². The number of morpholine rings is 1. The van der Waals surface area contributed by atoms with Gasteiger partial charge in [-0.3, -0.25) is 9.69 Å². The van der Waals surface area contributed by atoms with Crippen LogP contribution in [0.3, 0.4) is 0 Å². The molecule has 116 valence electrons. The standard InChI is InChI=1S/C16H25N3O2/c1-11-9-19(10-16(3,4)21-11)12(2)15(20)18-14-7-5-6-13(17)8-14/h5-8,11-12H,9-10,17H2,1-4H3,(H,18,20). The van der Waals surface area contributed by atoms with E-state index in [0.29, 0.717) is 5.69 Å². The molecule has 0 aromatic heterocycles. The Morgan fingerprint density at radius 3 is 2.86 bits per heavy atom. The second-order valence-electron chi connectivity index (χ2n) is 6.41. The molecule has 2 unspecified atom stereocenters. The van der Waals surface area contributed by atoms with E-state index >= 15 is 0 Å². The number of anilines is 2. The van der Waals surface area contributed by atoms with Crippen molar-refractivity contribution in [3.63, 3.8) is 0 Å². The summed E-state index contributed by atoms with van der Waals surface area (Å²) in [5.74, 6) is -0.0227. The quantitative estimate of drug-likeness (QED) is 0.837. The zero-order chi connectivity index (χ0) is 15.6. The van der Waals surface area contributed by atoms with Gasteiger partial charge in [-0.2, -0.15) is 0 Å². The lowest BCUT2D eigenvalue weighted by Gasteiger charge is -2.43. The Morgan fingerprint density at radius 1 is 1.52 bits per heavy atom. The van der Waals surface area contributed by atoms with Crippen molar-refractivity contribution >= 4 is 17.3 Å². The van der Waals surface area contributed by atoms with E-state index in [2.05, 4.69) is 24.1 Å². The molecule has 21 heavy (non-hydrogen) atoms. The van der Waals surface area contributed by atoms with Crippen molar-refractivity contribution in [1.82, 2.24) is 4.90 Å². The Balaban J connectivity index is 2.02. The molecule has 2 atom stereocenters. The molecule has 1 heterocycles. The molecular formula is C16H25N3O2. The minimum atomic E-state index is -0.233. The summed E-state index contributed by atoms with van der Waals surface area (Å²) in [6, 6.07) is 7.02. The highest BCUT2D eigenvalue weighted by molar-refractivity contribution is 5.94. The Kier molecular flexibility index (Phi) is 4.54. The van der Waals surface area contributed by atoms with Crippen molar-refractivity contribution in [3.05, 3.63) is 24.3 Å². The molecule has 2 rings (SSSR count). The highest BCUT2D eigenvalue weighted by atomic mass is 16.5. The largest absolute Gasteiger partial charge is 0.399 e. The maximum atomic E-state index is 12.4. The lowest BCUT2D eigenvalue weighted by Crippen LogP contribution is -2.56. The fourth-order valence-electron chi connectivity index (χ4n) is 2.83. The van der Waals surface area contributed by atoms with E-state index in [1.807, 2.05) is 26.0 Å². The molecule has 0 radical (unpaired) electrons. The lowest BCUT2D eigenvalue weighted by atomic mass is 10.0. The molecule has 1 aliphatic rings. The predicted octanol–water partition coefficient (Wildman–Crippen LogP) is 2.10. The Morgan fingerprint density at radius 2 is 2.24 bits per heavy atom. The average molecular weight is 291 g/mol. The van der Waals surface area contributed by atoms with Crippen molar-refractivity contribution in [2.75, 3.05) is 24.1 Å². The number of hydrogen-bond acceptors (Lipinski definition) is 4. The van der Waals surface area contributed by atoms with Gasteiger partial charge in [0.25, 0.3) is 0 Å². The third-order valence-corrected chi connectivity index (χ3v) is 3.68. The van der Waals surface area contributed by atoms with Crippen LogP contribution in [0.2, 0.25) is 0 Å². The number of amides is 1. The molecule has 1 amide bonds. The highest BCUT2D eigenvalue weighted by Gasteiger charge is 2.35. The second kappa shape index (κ2) is 6.03. The van der Waals surface area contributed by atoms with Gasteiger partial charge in [0.05, 0.1) is 17.7 Å². The number of nitrogens with two attached hydrogens (primary N) is 1. The molecule has 1 aromatic carbocycles. The van der Waals surface area contributed by atoms with Crippen molar-refractivity contribution in [1.29, 1.82) is 0 Å². The highest BCUT2D eigenvalue weighted by Crippen LogP contribution is 2.23. The zero-order valence-electron chi connectivity index (χ0n) is 13.2. The Hall–Kier alpha value is -1.59. The molecule has 0 saturated carbocycles. The van der Waals surface area contributed by atoms with Crippen molar-refractivity contribution < 1.29 is 9.53 Å². The first-order valence-corrected chi connectivity index (χ1v) is 7.35. The summed E-state index contributed by atoms with van der Waals surface area (Å²) in [6.07, 6.45) is 0.122. The summed E-state index contributed by atoms with van der Waals surface area (Å²) in [4.78, 5) is 14.6. The van der Waals surface area contributed by atoms with E-state index in [-0.39, 0.29) is 23.7 Å². The van der Waals surface area contributed by atoms with Gasteiger partial charge in [0.15, 0.2) is 0 Å². The number of hydrogen-bond donors (Lipinski definition) is 2. The number of nitrogen functional groups attached to an aromatic ring is 1. The van der Waals surface area contributed by atoms with Gasteiger partial charge in [0.1, 0.15) is 0 Å². The number of ether oxygens (including phenoxy) is 1. The number of nitrogens with zero attached hydrogens (tertiary/aromatic N) is 1. The minimum Gasteiger partial charge on any atom is -0.399 e. The molecule has 5 heteroatoms. The molecule has 0 aliphatic carbocycles. The normalized spacial score (nSPS) is 23.5. The number of rotatable bonds is 3. The summed E-state index contributed by atoms with van der Waals surface area (Å²) in [6.45, 7) is 9.57. The van der Waals surface area contributed by atoms with Crippen LogP contribution in [-0.2, 0) is 9.53 Å². The van der Waals surface area contributed by atoms with E-state index in [1.54, 1.807) is 12.1 Å². The van der Waals surface area contributed by atoms with Gasteiger partial charge in [0, 0.05) is 24.5 Å². The molecule has 1 saturated heterocycles. The third kappa shape index (κ3) is 4.19. The Labute approximate surface area is 126 Å². The third-order valence-electron chi connectivity index (χ3n) is 3.68. The molecule has 1 aliphatic heterocycles. The van der Waals surface area contributed by atoms with Gasteiger partial charge < -0.3 is 15.8 Å². The lowest BCUT2D eigenvalue weighted by molar-refractivity contribution is -0.145. The van der Waals surface area contributed by atoms with Crippen LogP contribution in [0.5, 0.6) is 0 Å². The molecule has 3 N–H and O–H groups in total. The maximum Gasteiger partial charge on any atom is 0.241 e. The van der Waals surface area contributed by atoms with E-state index < -0.39 is 0 Å². The summed E-state index contributed by atoms with van der Waals surface area (Å²) in [7, 11) is 0. The monoisotopic (exact) mass is 291 g/mol. The van der Waals surface area contributed by atoms with Crippen LogP contribution in [-0.4, -0.2) is 41.6 Å². The van der Waals surface area contributed by atoms with Gasteiger partial charge >= 0.3 is 0 Å². The fraction of sp³-hybridized carbons (Fsp3) is 0.562. The topological polar surface area (TPSA) is 67.6 Å². The number of carbonyl (C=O) groups excluding carboxylic acids is 1. The van der Waals surface area contributed by atoms with Crippen molar-refractivity contribution in [2.24, 2.45) is 0 Å². The Bertz CT molecular complexity index is 516. The van der Waals surface area contributed by atoms with Crippen LogP contribution < -0.4 is 11.1 Å². The van der Waals surface area contributed by atoms with Gasteiger partial charge in [-0.05, 0) is 45.9 Å². The SMILES string of the molecule is CC1CN(C(C)C(=O)Nc2cccc(N)c2)CC(C)(C)O1. The first-order valence-electron chi connectivity index (χ1n) is 7.35. The summed E-state index contributed by atoms with van der Waals surface area (Å²) < 4.78 is 5.88. The predicted molar refractivity (Wildman–Crippen MR) is 85.1 cm³/mol. The van der Waals surface area contributed by atoms with E-state index in [9.17, 15) is 4.79 Å². The van der Waals surface area contributed by atoms with Crippen LogP contribution in [0.4, 0.5) is 11.4 Å². The summed E-state index contributed by atoms with van der Waals surface area (Å²) in [5.41, 5.74) is 6.87. The number of benzene rings is 1. The fourth-order valence-corrected chi connectivity index (χ4v) is 2.83. The van der Waals surface area contributed by atoms with Gasteiger partial charge in [-0.25, -0.2) is 0 Å². The molecule has 0 spiro atoms. The van der Waals surface area contributed by atoms with Crippen molar-refractivity contribution in [3.8, 4) is 0 Å². The van der Waals surface area contributed by atoms with Gasteiger partial charge in [0.2, 0.25) is 5.91 Å². The van der Waals surface area contributed by atoms with Crippen molar-refractivity contribution in [2.45, 2.75) is 45.4 Å². The number of carbonyl (C=O) groups is 1. The van der Waals surface area contributed by atoms with Crippen LogP contribution in [0.15, 0.2) is 24.3 Å². The average Bonchev–Trinajstić information content (AvgIpc) is 2.35. The summed E-state index contributed by atoms with van der Waals surface area (Å²) >= 11 is 0. The molecule has 0 bridgehead atoms. The zero-order valence-corrected chi connectivity index (χ0v) is 13.2. The minimum absolute atomic E-state index is 0.0227. The van der Waals surface area contributed by atoms with Gasteiger partial charge in [-0.1, -0.05) is 6.07 Å². The van der Waals surface area contributed by atoms with Gasteiger partial charge in [-0.15, -0.1) is 0 Å². The first kappa shape index (κ1) is 15.8. The molecule has 1 fully saturated rings. The number of nitrogens with one attached hydrogen (secondary N) is 1. The van der Waals surface area contributed by atoms with E-state index in [4.69, 9.17) is 10.5 Å². The van der Waals surface area contributed by atoms with Crippen LogP contribution in [0.1, 0.15) is 27.7 Å².